The molecule has 1 fully saturated rings. The Balaban J connectivity index is 2.04. The second-order valence-corrected chi connectivity index (χ2v) is 5.04. The van der Waals surface area contributed by atoms with Crippen LogP contribution in [-0.4, -0.2) is 30.6 Å². The van der Waals surface area contributed by atoms with Gasteiger partial charge in [-0.1, -0.05) is 30.3 Å². The maximum absolute atomic E-state index is 5.34. The highest BCUT2D eigenvalue weighted by molar-refractivity contribution is 5.20. The Bertz CT molecular complexity index is 393. The molecule has 0 aromatic heterocycles. The molecule has 96 valence electrons. The summed E-state index contributed by atoms with van der Waals surface area (Å²) in [6.07, 6.45) is 7.30. The van der Waals surface area contributed by atoms with E-state index in [2.05, 4.69) is 53.4 Å². The Hall–Kier alpha value is -1.30. The summed E-state index contributed by atoms with van der Waals surface area (Å²) >= 11 is 0. The summed E-state index contributed by atoms with van der Waals surface area (Å²) in [7, 11) is 0. The van der Waals surface area contributed by atoms with E-state index in [0.717, 1.165) is 32.5 Å². The zero-order valence-corrected chi connectivity index (χ0v) is 11.1. The summed E-state index contributed by atoms with van der Waals surface area (Å²) < 4.78 is 0. The molecule has 0 aliphatic carbocycles. The SMILES string of the molecule is C#CCCCN1CC(C)NCC1c1ccccc1. The minimum absolute atomic E-state index is 0.486. The molecule has 1 heterocycles. The fourth-order valence-corrected chi connectivity index (χ4v) is 2.62. The summed E-state index contributed by atoms with van der Waals surface area (Å²) in [6, 6.07) is 11.8. The number of rotatable bonds is 4. The van der Waals surface area contributed by atoms with Crippen LogP contribution >= 0.6 is 0 Å². The van der Waals surface area contributed by atoms with Crippen LogP contribution in [0.1, 0.15) is 31.4 Å². The van der Waals surface area contributed by atoms with Crippen molar-refractivity contribution in [2.45, 2.75) is 31.8 Å². The number of benzene rings is 1. The Morgan fingerprint density at radius 2 is 2.17 bits per heavy atom. The molecule has 2 unspecified atom stereocenters. The minimum atomic E-state index is 0.486. The third kappa shape index (κ3) is 3.35. The van der Waals surface area contributed by atoms with Crippen LogP contribution in [0.25, 0.3) is 0 Å². The average Bonchev–Trinajstić information content (AvgIpc) is 2.40. The Kier molecular flexibility index (Phi) is 4.81. The molecule has 2 rings (SSSR count). The molecule has 0 bridgehead atoms. The van der Waals surface area contributed by atoms with Crippen molar-refractivity contribution in [2.24, 2.45) is 0 Å². The summed E-state index contributed by atoms with van der Waals surface area (Å²) in [6.45, 7) is 5.47. The zero-order chi connectivity index (χ0) is 12.8. The highest BCUT2D eigenvalue weighted by atomic mass is 15.2. The second kappa shape index (κ2) is 6.58. The van der Waals surface area contributed by atoms with E-state index in [1.165, 1.54) is 5.56 Å². The summed E-state index contributed by atoms with van der Waals surface area (Å²) in [5, 5.41) is 3.57. The van der Waals surface area contributed by atoms with Crippen LogP contribution in [0.5, 0.6) is 0 Å². The average molecular weight is 242 g/mol. The van der Waals surface area contributed by atoms with Gasteiger partial charge in [0.05, 0.1) is 0 Å². The van der Waals surface area contributed by atoms with Crippen LogP contribution in [0.3, 0.4) is 0 Å². The van der Waals surface area contributed by atoms with Crippen molar-refractivity contribution in [1.29, 1.82) is 0 Å². The van der Waals surface area contributed by atoms with Gasteiger partial charge in [-0.05, 0) is 25.5 Å². The van der Waals surface area contributed by atoms with Crippen molar-refractivity contribution in [2.75, 3.05) is 19.6 Å². The van der Waals surface area contributed by atoms with Gasteiger partial charge in [0, 0.05) is 31.6 Å². The van der Waals surface area contributed by atoms with Crippen LogP contribution < -0.4 is 5.32 Å². The first kappa shape index (κ1) is 13.1. The maximum Gasteiger partial charge on any atom is 0.0473 e. The van der Waals surface area contributed by atoms with Crippen molar-refractivity contribution in [3.63, 3.8) is 0 Å². The predicted octanol–water partition coefficient (Wildman–Crippen LogP) is 2.43. The standard InChI is InChI=1S/C16H22N2/c1-3-4-8-11-18-13-14(2)17-12-16(18)15-9-6-5-7-10-15/h1,5-7,9-10,14,16-17H,4,8,11-13H2,2H3. The third-order valence-electron chi connectivity index (χ3n) is 3.56. The van der Waals surface area contributed by atoms with Crippen LogP contribution in [0.15, 0.2) is 30.3 Å². The topological polar surface area (TPSA) is 15.3 Å². The molecule has 1 aliphatic rings. The number of piperazine rings is 1. The van der Waals surface area contributed by atoms with Gasteiger partial charge in [0.2, 0.25) is 0 Å². The van der Waals surface area contributed by atoms with Crippen LogP contribution in [0.2, 0.25) is 0 Å². The van der Waals surface area contributed by atoms with Gasteiger partial charge in [-0.3, -0.25) is 4.90 Å². The van der Waals surface area contributed by atoms with Gasteiger partial charge in [0.15, 0.2) is 0 Å². The van der Waals surface area contributed by atoms with E-state index in [1.807, 2.05) is 0 Å². The van der Waals surface area contributed by atoms with Crippen molar-refractivity contribution in [1.82, 2.24) is 10.2 Å². The van der Waals surface area contributed by atoms with Crippen molar-refractivity contribution in [3.8, 4) is 12.3 Å². The summed E-state index contributed by atoms with van der Waals surface area (Å²) in [5.41, 5.74) is 1.40. The molecular weight excluding hydrogens is 220 g/mol. The first-order valence-corrected chi connectivity index (χ1v) is 6.77. The smallest absolute Gasteiger partial charge is 0.0473 e. The van der Waals surface area contributed by atoms with Crippen LogP contribution in [-0.2, 0) is 0 Å². The molecule has 18 heavy (non-hydrogen) atoms. The molecule has 0 radical (unpaired) electrons. The number of terminal acetylenes is 1. The highest BCUT2D eigenvalue weighted by Crippen LogP contribution is 2.23. The molecule has 1 saturated heterocycles. The largest absolute Gasteiger partial charge is 0.311 e. The highest BCUT2D eigenvalue weighted by Gasteiger charge is 2.26. The van der Waals surface area contributed by atoms with Crippen LogP contribution in [0, 0.1) is 12.3 Å². The normalized spacial score (nSPS) is 24.7. The van der Waals surface area contributed by atoms with Crippen molar-refractivity contribution in [3.05, 3.63) is 35.9 Å². The molecule has 1 aliphatic heterocycles. The molecule has 2 heteroatoms. The van der Waals surface area contributed by atoms with E-state index in [-0.39, 0.29) is 0 Å². The lowest BCUT2D eigenvalue weighted by Gasteiger charge is -2.39. The molecule has 2 nitrogen and oxygen atoms in total. The van der Waals surface area contributed by atoms with Crippen molar-refractivity contribution < 1.29 is 0 Å². The van der Waals surface area contributed by atoms with Gasteiger partial charge in [0.1, 0.15) is 0 Å². The molecule has 1 N–H and O–H groups in total. The zero-order valence-electron chi connectivity index (χ0n) is 11.1. The molecule has 0 spiro atoms. The molecule has 2 atom stereocenters. The number of nitrogens with zero attached hydrogens (tertiary/aromatic N) is 1. The number of hydrogen-bond acceptors (Lipinski definition) is 2. The Morgan fingerprint density at radius 3 is 2.89 bits per heavy atom. The second-order valence-electron chi connectivity index (χ2n) is 5.04. The summed E-state index contributed by atoms with van der Waals surface area (Å²) in [4.78, 5) is 2.56. The van der Waals surface area contributed by atoms with Crippen LogP contribution in [0.4, 0.5) is 0 Å². The lowest BCUT2D eigenvalue weighted by molar-refractivity contribution is 0.134. The number of unbranched alkanes of at least 4 members (excludes halogenated alkanes) is 1. The van der Waals surface area contributed by atoms with E-state index in [0.29, 0.717) is 12.1 Å². The van der Waals surface area contributed by atoms with Crippen molar-refractivity contribution >= 4 is 0 Å². The monoisotopic (exact) mass is 242 g/mol. The predicted molar refractivity (Wildman–Crippen MR) is 76.3 cm³/mol. The van der Waals surface area contributed by atoms with Gasteiger partial charge in [-0.25, -0.2) is 0 Å². The van der Waals surface area contributed by atoms with E-state index < -0.39 is 0 Å². The lowest BCUT2D eigenvalue weighted by atomic mass is 10.0. The Labute approximate surface area is 110 Å². The molecule has 0 saturated carbocycles. The Morgan fingerprint density at radius 1 is 1.39 bits per heavy atom. The first-order valence-electron chi connectivity index (χ1n) is 6.77. The molecule has 1 aromatic rings. The minimum Gasteiger partial charge on any atom is -0.311 e. The quantitative estimate of drug-likeness (QED) is 0.644. The molecule has 1 aromatic carbocycles. The first-order chi connectivity index (χ1) is 8.81. The summed E-state index contributed by atoms with van der Waals surface area (Å²) in [5.74, 6) is 2.73. The van der Waals surface area contributed by atoms with E-state index in [9.17, 15) is 0 Å². The molecular formula is C16H22N2. The fraction of sp³-hybridized carbons (Fsp3) is 0.500. The van der Waals surface area contributed by atoms with E-state index in [4.69, 9.17) is 6.42 Å². The van der Waals surface area contributed by atoms with E-state index in [1.54, 1.807) is 0 Å². The van der Waals surface area contributed by atoms with Gasteiger partial charge in [-0.2, -0.15) is 0 Å². The van der Waals surface area contributed by atoms with Gasteiger partial charge in [0.25, 0.3) is 0 Å². The number of nitrogens with one attached hydrogen (secondary N) is 1. The maximum atomic E-state index is 5.34. The third-order valence-corrected chi connectivity index (χ3v) is 3.56. The lowest BCUT2D eigenvalue weighted by Crippen LogP contribution is -2.51. The fourth-order valence-electron chi connectivity index (χ4n) is 2.62. The van der Waals surface area contributed by atoms with E-state index >= 15 is 0 Å². The van der Waals surface area contributed by atoms with Gasteiger partial charge >= 0.3 is 0 Å². The number of hydrogen-bond donors (Lipinski definition) is 1. The van der Waals surface area contributed by atoms with Gasteiger partial charge < -0.3 is 5.32 Å². The molecule has 0 amide bonds. The van der Waals surface area contributed by atoms with Gasteiger partial charge in [-0.15, -0.1) is 12.3 Å².